The highest BCUT2D eigenvalue weighted by Gasteiger charge is 2.27. The Morgan fingerprint density at radius 2 is 2.17 bits per heavy atom. The molecule has 0 spiro atoms. The molecule has 0 saturated heterocycles. The lowest BCUT2D eigenvalue weighted by Crippen LogP contribution is -2.33. The molecule has 0 bridgehead atoms. The molecule has 2 nitrogen and oxygen atoms in total. The third-order valence-corrected chi connectivity index (χ3v) is 3.45. The molecule has 0 atom stereocenters. The van der Waals surface area contributed by atoms with E-state index < -0.39 is 0 Å². The van der Waals surface area contributed by atoms with Crippen LogP contribution >= 0.6 is 23.2 Å². The smallest absolute Gasteiger partial charge is 0.256 e. The molecular formula is C14H13Cl2NO. The number of benzene rings is 1. The van der Waals surface area contributed by atoms with Crippen LogP contribution in [0.4, 0.5) is 0 Å². The number of halogens is 2. The van der Waals surface area contributed by atoms with Crippen molar-refractivity contribution in [3.63, 3.8) is 0 Å². The van der Waals surface area contributed by atoms with Crippen LogP contribution in [-0.2, 0) is 0 Å². The van der Waals surface area contributed by atoms with E-state index in [1.54, 1.807) is 23.1 Å². The molecule has 18 heavy (non-hydrogen) atoms. The predicted molar refractivity (Wildman–Crippen MR) is 73.9 cm³/mol. The molecule has 94 valence electrons. The van der Waals surface area contributed by atoms with Crippen LogP contribution in [0, 0.1) is 18.3 Å². The summed E-state index contributed by atoms with van der Waals surface area (Å²) < 4.78 is 0. The van der Waals surface area contributed by atoms with Gasteiger partial charge >= 0.3 is 0 Å². The zero-order valence-electron chi connectivity index (χ0n) is 9.83. The van der Waals surface area contributed by atoms with Gasteiger partial charge in [-0.05, 0) is 37.0 Å². The summed E-state index contributed by atoms with van der Waals surface area (Å²) in [5.74, 6) is 2.99. The lowest BCUT2D eigenvalue weighted by molar-refractivity contribution is 0.0770. The van der Waals surface area contributed by atoms with Crippen LogP contribution in [0.2, 0.25) is 10.0 Å². The standard InChI is InChI=1S/C14H13Cl2NO/c1-2-7-17(9-10-3-4-10)14(18)12-6-5-11(15)8-13(12)16/h1,5-6,8,10H,3-4,7,9H2. The third kappa shape index (κ3) is 3.19. The second-order valence-corrected chi connectivity index (χ2v) is 5.30. The van der Waals surface area contributed by atoms with Gasteiger partial charge in [0.25, 0.3) is 5.91 Å². The van der Waals surface area contributed by atoms with Gasteiger partial charge in [0.2, 0.25) is 0 Å². The van der Waals surface area contributed by atoms with Gasteiger partial charge in [0.05, 0.1) is 17.1 Å². The number of hydrogen-bond acceptors (Lipinski definition) is 1. The Morgan fingerprint density at radius 3 is 2.72 bits per heavy atom. The molecule has 1 aromatic rings. The van der Waals surface area contributed by atoms with Gasteiger partial charge in [0.1, 0.15) is 0 Å². The average Bonchev–Trinajstić information content (AvgIpc) is 3.11. The number of rotatable bonds is 4. The van der Waals surface area contributed by atoms with Crippen molar-refractivity contribution in [2.75, 3.05) is 13.1 Å². The van der Waals surface area contributed by atoms with Gasteiger partial charge in [-0.25, -0.2) is 0 Å². The molecule has 1 aromatic carbocycles. The molecule has 0 radical (unpaired) electrons. The minimum absolute atomic E-state index is 0.124. The first-order valence-electron chi connectivity index (χ1n) is 5.79. The van der Waals surface area contributed by atoms with Gasteiger partial charge < -0.3 is 4.90 Å². The quantitative estimate of drug-likeness (QED) is 0.774. The van der Waals surface area contributed by atoms with E-state index in [0.29, 0.717) is 34.6 Å². The number of terminal acetylenes is 1. The number of amides is 1. The third-order valence-electron chi connectivity index (χ3n) is 2.91. The van der Waals surface area contributed by atoms with Crippen LogP contribution in [-0.4, -0.2) is 23.9 Å². The second kappa shape index (κ2) is 5.65. The highest BCUT2D eigenvalue weighted by atomic mass is 35.5. The van der Waals surface area contributed by atoms with Crippen LogP contribution in [0.1, 0.15) is 23.2 Å². The summed E-state index contributed by atoms with van der Waals surface area (Å²) in [5, 5.41) is 0.882. The van der Waals surface area contributed by atoms with E-state index in [2.05, 4.69) is 5.92 Å². The van der Waals surface area contributed by atoms with Crippen LogP contribution in [0.3, 0.4) is 0 Å². The van der Waals surface area contributed by atoms with Gasteiger partial charge in [-0.15, -0.1) is 6.42 Å². The van der Waals surface area contributed by atoms with Gasteiger partial charge in [-0.1, -0.05) is 29.1 Å². The lowest BCUT2D eigenvalue weighted by atomic mass is 10.2. The van der Waals surface area contributed by atoms with Crippen molar-refractivity contribution in [2.45, 2.75) is 12.8 Å². The number of hydrogen-bond donors (Lipinski definition) is 0. The van der Waals surface area contributed by atoms with Crippen molar-refractivity contribution >= 4 is 29.1 Å². The summed E-state index contributed by atoms with van der Waals surface area (Å²) in [6.07, 6.45) is 7.64. The Morgan fingerprint density at radius 1 is 1.44 bits per heavy atom. The first-order valence-corrected chi connectivity index (χ1v) is 6.55. The number of nitrogens with zero attached hydrogens (tertiary/aromatic N) is 1. The monoisotopic (exact) mass is 281 g/mol. The molecule has 0 N–H and O–H groups in total. The lowest BCUT2D eigenvalue weighted by Gasteiger charge is -2.20. The minimum Gasteiger partial charge on any atom is -0.327 e. The van der Waals surface area contributed by atoms with Gasteiger partial charge in [-0.2, -0.15) is 0 Å². The zero-order chi connectivity index (χ0) is 13.1. The first-order chi connectivity index (χ1) is 8.61. The SMILES string of the molecule is C#CCN(CC1CC1)C(=O)c1ccc(Cl)cc1Cl. The van der Waals surface area contributed by atoms with Crippen LogP contribution in [0.15, 0.2) is 18.2 Å². The minimum atomic E-state index is -0.124. The summed E-state index contributed by atoms with van der Waals surface area (Å²) in [5.41, 5.74) is 0.456. The normalized spacial score (nSPS) is 14.1. The van der Waals surface area contributed by atoms with E-state index >= 15 is 0 Å². The van der Waals surface area contributed by atoms with E-state index in [4.69, 9.17) is 29.6 Å². The highest BCUT2D eigenvalue weighted by Crippen LogP contribution is 2.30. The van der Waals surface area contributed by atoms with Crippen molar-refractivity contribution in [3.8, 4) is 12.3 Å². The Labute approximate surface area is 117 Å². The van der Waals surface area contributed by atoms with Crippen molar-refractivity contribution in [3.05, 3.63) is 33.8 Å². The molecule has 1 fully saturated rings. The summed E-state index contributed by atoms with van der Waals surface area (Å²) >= 11 is 11.9. The Kier molecular flexibility index (Phi) is 4.16. The highest BCUT2D eigenvalue weighted by molar-refractivity contribution is 6.36. The fraction of sp³-hybridized carbons (Fsp3) is 0.357. The maximum Gasteiger partial charge on any atom is 0.256 e. The number of carbonyl (C=O) groups is 1. The molecule has 0 heterocycles. The van der Waals surface area contributed by atoms with Crippen molar-refractivity contribution in [1.82, 2.24) is 4.90 Å². The topological polar surface area (TPSA) is 20.3 Å². The predicted octanol–water partition coefficient (Wildman–Crippen LogP) is 3.48. The first kappa shape index (κ1) is 13.3. The Balaban J connectivity index is 2.18. The van der Waals surface area contributed by atoms with Crippen molar-refractivity contribution in [1.29, 1.82) is 0 Å². The molecule has 0 aliphatic heterocycles. The van der Waals surface area contributed by atoms with Crippen LogP contribution in [0.5, 0.6) is 0 Å². The van der Waals surface area contributed by atoms with Gasteiger partial charge in [0, 0.05) is 11.6 Å². The largest absolute Gasteiger partial charge is 0.327 e. The zero-order valence-corrected chi connectivity index (χ0v) is 11.3. The Bertz CT molecular complexity index is 503. The van der Waals surface area contributed by atoms with Gasteiger partial charge in [-0.3, -0.25) is 4.79 Å². The van der Waals surface area contributed by atoms with E-state index in [0.717, 1.165) is 0 Å². The second-order valence-electron chi connectivity index (χ2n) is 4.46. The van der Waals surface area contributed by atoms with E-state index in [-0.39, 0.29) is 5.91 Å². The van der Waals surface area contributed by atoms with Gasteiger partial charge in [0.15, 0.2) is 0 Å². The summed E-state index contributed by atoms with van der Waals surface area (Å²) in [6, 6.07) is 4.87. The average molecular weight is 282 g/mol. The molecule has 1 aliphatic rings. The molecule has 1 amide bonds. The maximum absolute atomic E-state index is 12.3. The Hall–Kier alpha value is -1.17. The molecule has 1 aliphatic carbocycles. The van der Waals surface area contributed by atoms with E-state index in [1.165, 1.54) is 12.8 Å². The van der Waals surface area contributed by atoms with Crippen LogP contribution in [0.25, 0.3) is 0 Å². The molecule has 0 unspecified atom stereocenters. The van der Waals surface area contributed by atoms with Crippen molar-refractivity contribution < 1.29 is 4.79 Å². The number of carbonyl (C=O) groups excluding carboxylic acids is 1. The van der Waals surface area contributed by atoms with E-state index in [1.807, 2.05) is 0 Å². The maximum atomic E-state index is 12.3. The molecular weight excluding hydrogens is 269 g/mol. The fourth-order valence-corrected chi connectivity index (χ4v) is 2.26. The van der Waals surface area contributed by atoms with Crippen LogP contribution < -0.4 is 0 Å². The summed E-state index contributed by atoms with van der Waals surface area (Å²) in [6.45, 7) is 1.02. The molecule has 2 rings (SSSR count). The fourth-order valence-electron chi connectivity index (χ4n) is 1.77. The van der Waals surface area contributed by atoms with Crippen molar-refractivity contribution in [2.24, 2.45) is 5.92 Å². The summed E-state index contributed by atoms with van der Waals surface area (Å²) in [4.78, 5) is 14.0. The van der Waals surface area contributed by atoms with E-state index in [9.17, 15) is 4.79 Å². The summed E-state index contributed by atoms with van der Waals surface area (Å²) in [7, 11) is 0. The molecule has 1 saturated carbocycles. The molecule has 0 aromatic heterocycles. The molecule has 4 heteroatoms.